The summed E-state index contributed by atoms with van der Waals surface area (Å²) in [6.45, 7) is 6.00. The van der Waals surface area contributed by atoms with Gasteiger partial charge in [0, 0.05) is 31.4 Å². The third-order valence-corrected chi connectivity index (χ3v) is 3.98. The zero-order valence-electron chi connectivity index (χ0n) is 9.89. The van der Waals surface area contributed by atoms with Crippen molar-refractivity contribution in [2.24, 2.45) is 5.92 Å². The highest BCUT2D eigenvalue weighted by Gasteiger charge is 2.40. The molecule has 0 aliphatic carbocycles. The summed E-state index contributed by atoms with van der Waals surface area (Å²) < 4.78 is 0. The summed E-state index contributed by atoms with van der Waals surface area (Å²) in [7, 11) is 0. The van der Waals surface area contributed by atoms with Gasteiger partial charge < -0.3 is 4.90 Å². The molecule has 2 aliphatic heterocycles. The predicted molar refractivity (Wildman–Crippen MR) is 63.3 cm³/mol. The number of aryl methyl sites for hydroxylation is 1. The van der Waals surface area contributed by atoms with E-state index in [1.165, 1.54) is 37.4 Å². The van der Waals surface area contributed by atoms with Crippen molar-refractivity contribution in [1.82, 2.24) is 14.9 Å². The molecule has 0 N–H and O–H groups in total. The van der Waals surface area contributed by atoms with Crippen molar-refractivity contribution in [3.8, 4) is 0 Å². The Labute approximate surface area is 96.9 Å². The summed E-state index contributed by atoms with van der Waals surface area (Å²) >= 11 is 0. The molecule has 1 unspecified atom stereocenters. The molecule has 0 radical (unpaired) electrons. The van der Waals surface area contributed by atoms with E-state index >= 15 is 0 Å². The topological polar surface area (TPSA) is 29.0 Å². The molecule has 0 saturated carbocycles. The maximum absolute atomic E-state index is 4.61. The van der Waals surface area contributed by atoms with Crippen LogP contribution in [0.2, 0.25) is 0 Å². The zero-order valence-corrected chi connectivity index (χ0v) is 9.89. The van der Waals surface area contributed by atoms with Gasteiger partial charge in [-0.1, -0.05) is 13.3 Å². The molecule has 2 saturated heterocycles. The number of hydrogen-bond donors (Lipinski definition) is 0. The molecule has 3 atom stereocenters. The van der Waals surface area contributed by atoms with Gasteiger partial charge in [0.2, 0.25) is 0 Å². The van der Waals surface area contributed by atoms with Gasteiger partial charge in [-0.25, -0.2) is 0 Å². The highest BCUT2D eigenvalue weighted by molar-refractivity contribution is 5.20. The molecule has 3 rings (SSSR count). The fourth-order valence-electron chi connectivity index (χ4n) is 3.21. The third kappa shape index (κ3) is 1.63. The summed E-state index contributed by atoms with van der Waals surface area (Å²) in [4.78, 5) is 11.7. The van der Waals surface area contributed by atoms with E-state index < -0.39 is 0 Å². The van der Waals surface area contributed by atoms with E-state index in [4.69, 9.17) is 0 Å². The Morgan fingerprint density at radius 2 is 2.19 bits per heavy atom. The maximum Gasteiger partial charge on any atom is 0.0665 e. The maximum atomic E-state index is 4.61. The van der Waals surface area contributed by atoms with Crippen molar-refractivity contribution >= 4 is 0 Å². The zero-order chi connectivity index (χ0) is 11.0. The molecule has 2 fully saturated rings. The predicted octanol–water partition coefficient (Wildman–Crippen LogP) is 1.85. The second kappa shape index (κ2) is 4.13. The van der Waals surface area contributed by atoms with Crippen LogP contribution in [0.3, 0.4) is 0 Å². The van der Waals surface area contributed by atoms with Gasteiger partial charge in [0.1, 0.15) is 0 Å². The van der Waals surface area contributed by atoms with E-state index in [1.54, 1.807) is 0 Å². The van der Waals surface area contributed by atoms with Crippen LogP contribution in [0.5, 0.6) is 0 Å². The number of piperidine rings is 1. The van der Waals surface area contributed by atoms with Crippen molar-refractivity contribution in [3.63, 3.8) is 0 Å². The molecule has 0 spiro atoms. The van der Waals surface area contributed by atoms with Crippen molar-refractivity contribution in [2.45, 2.75) is 32.1 Å². The smallest absolute Gasteiger partial charge is 0.0665 e. The van der Waals surface area contributed by atoms with Gasteiger partial charge in [0.05, 0.1) is 11.4 Å². The Balaban J connectivity index is 1.88. The second-order valence-electron chi connectivity index (χ2n) is 5.05. The molecular weight excluding hydrogens is 198 g/mol. The third-order valence-electron chi connectivity index (χ3n) is 3.98. The molecule has 86 valence electrons. The van der Waals surface area contributed by atoms with Gasteiger partial charge in [0.15, 0.2) is 0 Å². The van der Waals surface area contributed by atoms with Crippen LogP contribution in [0.15, 0.2) is 12.4 Å². The van der Waals surface area contributed by atoms with Gasteiger partial charge in [-0.15, -0.1) is 0 Å². The molecule has 1 aromatic rings. The lowest BCUT2D eigenvalue weighted by molar-refractivity contribution is 0.342. The van der Waals surface area contributed by atoms with Crippen LogP contribution in [0, 0.1) is 5.92 Å². The van der Waals surface area contributed by atoms with Crippen LogP contribution < -0.4 is 0 Å². The second-order valence-corrected chi connectivity index (χ2v) is 5.05. The lowest BCUT2D eigenvalue weighted by Gasteiger charge is -2.22. The summed E-state index contributed by atoms with van der Waals surface area (Å²) in [5.74, 6) is 1.50. The van der Waals surface area contributed by atoms with Crippen molar-refractivity contribution in [1.29, 1.82) is 0 Å². The van der Waals surface area contributed by atoms with Crippen LogP contribution >= 0.6 is 0 Å². The lowest BCUT2D eigenvalue weighted by atomic mass is 9.88. The molecule has 16 heavy (non-hydrogen) atoms. The van der Waals surface area contributed by atoms with Gasteiger partial charge in [-0.3, -0.25) is 9.97 Å². The first-order chi connectivity index (χ1) is 7.88. The van der Waals surface area contributed by atoms with E-state index in [-0.39, 0.29) is 0 Å². The largest absolute Gasteiger partial charge is 0.302 e. The van der Waals surface area contributed by atoms with Crippen LogP contribution in [-0.4, -0.2) is 34.5 Å². The summed E-state index contributed by atoms with van der Waals surface area (Å²) in [6, 6.07) is 0. The molecule has 0 aromatic carbocycles. The first-order valence-electron chi connectivity index (χ1n) is 6.40. The fourth-order valence-corrected chi connectivity index (χ4v) is 3.21. The number of rotatable bonds is 3. The minimum Gasteiger partial charge on any atom is -0.302 e. The van der Waals surface area contributed by atoms with Crippen molar-refractivity contribution in [2.75, 3.05) is 19.6 Å². The van der Waals surface area contributed by atoms with Gasteiger partial charge >= 0.3 is 0 Å². The molecule has 3 nitrogen and oxygen atoms in total. The van der Waals surface area contributed by atoms with Gasteiger partial charge in [-0.05, 0) is 25.3 Å². The molecule has 1 aromatic heterocycles. The first-order valence-corrected chi connectivity index (χ1v) is 6.40. The highest BCUT2D eigenvalue weighted by Crippen LogP contribution is 2.39. The van der Waals surface area contributed by atoms with Crippen molar-refractivity contribution < 1.29 is 0 Å². The van der Waals surface area contributed by atoms with Crippen LogP contribution in [0.25, 0.3) is 0 Å². The van der Waals surface area contributed by atoms with Crippen LogP contribution in [-0.2, 0) is 6.42 Å². The fraction of sp³-hybridized carbons (Fsp3) is 0.692. The first kappa shape index (κ1) is 10.2. The van der Waals surface area contributed by atoms with E-state index in [0.717, 1.165) is 18.8 Å². The number of fused-ring (bicyclic) bond motifs is 2. The Morgan fingerprint density at radius 1 is 1.31 bits per heavy atom. The van der Waals surface area contributed by atoms with E-state index in [9.17, 15) is 0 Å². The SMILES string of the molecule is CCCc1nccnc1[C@H]1CN2CC[C@H]1C2. The quantitative estimate of drug-likeness (QED) is 0.773. The molecular formula is C13H19N3. The Bertz CT molecular complexity index is 377. The average Bonchev–Trinajstić information content (AvgIpc) is 2.92. The molecule has 3 heterocycles. The summed E-state index contributed by atoms with van der Waals surface area (Å²) in [5.41, 5.74) is 2.53. The van der Waals surface area contributed by atoms with Crippen LogP contribution in [0.4, 0.5) is 0 Å². The Hall–Kier alpha value is -0.960. The standard InChI is InChI=1S/C13H19N3/c1-2-3-12-13(15-6-5-14-12)11-9-16-7-4-10(11)8-16/h5-6,10-11H,2-4,7-9H2,1H3/t10-,11-/m0/s1. The summed E-state index contributed by atoms with van der Waals surface area (Å²) in [6.07, 6.45) is 7.28. The monoisotopic (exact) mass is 217 g/mol. The molecule has 2 aliphatic rings. The normalized spacial score (nSPS) is 32.2. The minimum absolute atomic E-state index is 0.656. The molecule has 2 bridgehead atoms. The number of nitrogens with zero attached hydrogens (tertiary/aromatic N) is 3. The lowest BCUT2D eigenvalue weighted by Crippen LogP contribution is -2.23. The van der Waals surface area contributed by atoms with Crippen molar-refractivity contribution in [3.05, 3.63) is 23.8 Å². The van der Waals surface area contributed by atoms with Gasteiger partial charge in [0.25, 0.3) is 0 Å². The van der Waals surface area contributed by atoms with E-state index in [2.05, 4.69) is 21.8 Å². The highest BCUT2D eigenvalue weighted by atomic mass is 15.2. The summed E-state index contributed by atoms with van der Waals surface area (Å²) in [5, 5.41) is 0. The number of aromatic nitrogens is 2. The van der Waals surface area contributed by atoms with E-state index in [1.807, 2.05) is 12.4 Å². The Morgan fingerprint density at radius 3 is 2.88 bits per heavy atom. The van der Waals surface area contributed by atoms with E-state index in [0.29, 0.717) is 5.92 Å². The van der Waals surface area contributed by atoms with Gasteiger partial charge in [-0.2, -0.15) is 0 Å². The minimum atomic E-state index is 0.656. The number of hydrogen-bond acceptors (Lipinski definition) is 3. The average molecular weight is 217 g/mol. The molecule has 3 heteroatoms. The molecule has 0 amide bonds. The van der Waals surface area contributed by atoms with Crippen LogP contribution in [0.1, 0.15) is 37.1 Å². The Kier molecular flexibility index (Phi) is 2.64.